The fourth-order valence-electron chi connectivity index (χ4n) is 3.96. The number of hydrogen-bond donors (Lipinski definition) is 1. The summed E-state index contributed by atoms with van der Waals surface area (Å²) in [6, 6.07) is 5.12. The topological polar surface area (TPSA) is 72.4 Å². The second-order valence-electron chi connectivity index (χ2n) is 6.44. The molecule has 114 valence electrons. The smallest absolute Gasteiger partial charge is 0.292 e. The van der Waals surface area contributed by atoms with Crippen molar-refractivity contribution in [2.45, 2.75) is 38.6 Å². The van der Waals surface area contributed by atoms with E-state index in [9.17, 15) is 10.1 Å². The SMILES string of the molecule is Nc1c(CN2CCC3CCCCC3C2)cccc1[N+](=O)[O-]. The molecule has 2 atom stereocenters. The summed E-state index contributed by atoms with van der Waals surface area (Å²) in [5.41, 5.74) is 7.21. The molecule has 1 heterocycles. The molecule has 1 aromatic carbocycles. The largest absolute Gasteiger partial charge is 0.393 e. The maximum atomic E-state index is 11.0. The highest BCUT2D eigenvalue weighted by molar-refractivity contribution is 5.62. The van der Waals surface area contributed by atoms with Gasteiger partial charge in [0.25, 0.3) is 5.69 Å². The molecular formula is C16H23N3O2. The fraction of sp³-hybridized carbons (Fsp3) is 0.625. The molecule has 2 fully saturated rings. The molecule has 1 aliphatic heterocycles. The van der Waals surface area contributed by atoms with E-state index in [1.54, 1.807) is 6.07 Å². The average Bonchev–Trinajstić information content (AvgIpc) is 2.49. The van der Waals surface area contributed by atoms with Gasteiger partial charge in [-0.1, -0.05) is 31.4 Å². The molecule has 1 aromatic rings. The monoisotopic (exact) mass is 289 g/mol. The van der Waals surface area contributed by atoms with Gasteiger partial charge in [0.1, 0.15) is 5.69 Å². The Balaban J connectivity index is 1.69. The van der Waals surface area contributed by atoms with Crippen molar-refractivity contribution < 1.29 is 4.92 Å². The molecule has 0 aromatic heterocycles. The second kappa shape index (κ2) is 6.02. The predicted octanol–water partition coefficient (Wildman–Crippen LogP) is 3.19. The van der Waals surface area contributed by atoms with E-state index in [2.05, 4.69) is 4.90 Å². The zero-order valence-corrected chi connectivity index (χ0v) is 12.3. The lowest BCUT2D eigenvalue weighted by Gasteiger charge is -2.41. The number of piperidine rings is 1. The van der Waals surface area contributed by atoms with Gasteiger partial charge >= 0.3 is 0 Å². The summed E-state index contributed by atoms with van der Waals surface area (Å²) in [4.78, 5) is 13.0. The molecule has 0 amide bonds. The van der Waals surface area contributed by atoms with Crippen LogP contribution in [0.4, 0.5) is 11.4 Å². The summed E-state index contributed by atoms with van der Waals surface area (Å²) in [6.07, 6.45) is 6.73. The van der Waals surface area contributed by atoms with Crippen molar-refractivity contribution in [1.29, 1.82) is 0 Å². The lowest BCUT2D eigenvalue weighted by Crippen LogP contribution is -2.41. The highest BCUT2D eigenvalue weighted by Crippen LogP contribution is 2.37. The zero-order chi connectivity index (χ0) is 14.8. The lowest BCUT2D eigenvalue weighted by molar-refractivity contribution is -0.384. The molecule has 2 N–H and O–H groups in total. The van der Waals surface area contributed by atoms with Crippen molar-refractivity contribution in [1.82, 2.24) is 4.90 Å². The number of anilines is 1. The lowest BCUT2D eigenvalue weighted by atomic mass is 9.75. The number of nitro groups is 1. The summed E-state index contributed by atoms with van der Waals surface area (Å²) < 4.78 is 0. The van der Waals surface area contributed by atoms with Gasteiger partial charge in [-0.2, -0.15) is 0 Å². The molecule has 1 aliphatic carbocycles. The molecule has 1 saturated heterocycles. The first kappa shape index (κ1) is 14.3. The number of hydrogen-bond acceptors (Lipinski definition) is 4. The molecule has 3 rings (SSSR count). The number of para-hydroxylation sites is 1. The minimum atomic E-state index is -0.397. The maximum absolute atomic E-state index is 11.0. The standard InChI is InChI=1S/C16H23N3O2/c17-16-14(6-3-7-15(16)19(20)21)11-18-9-8-12-4-1-2-5-13(12)10-18/h3,6-7,12-13H,1-2,4-5,8-11,17H2. The van der Waals surface area contributed by atoms with Crippen LogP contribution in [0.5, 0.6) is 0 Å². The molecule has 2 unspecified atom stereocenters. The van der Waals surface area contributed by atoms with Crippen LogP contribution in [0, 0.1) is 22.0 Å². The Morgan fingerprint density at radius 1 is 1.24 bits per heavy atom. The van der Waals surface area contributed by atoms with Gasteiger partial charge in [-0.05, 0) is 36.8 Å². The van der Waals surface area contributed by atoms with Crippen molar-refractivity contribution in [3.63, 3.8) is 0 Å². The van der Waals surface area contributed by atoms with Gasteiger partial charge in [0.05, 0.1) is 4.92 Å². The third-order valence-corrected chi connectivity index (χ3v) is 5.14. The quantitative estimate of drug-likeness (QED) is 0.527. The van der Waals surface area contributed by atoms with E-state index < -0.39 is 4.92 Å². The summed E-state index contributed by atoms with van der Waals surface area (Å²) in [5.74, 6) is 1.71. The summed E-state index contributed by atoms with van der Waals surface area (Å²) in [7, 11) is 0. The average molecular weight is 289 g/mol. The minimum absolute atomic E-state index is 0.0278. The fourth-order valence-corrected chi connectivity index (χ4v) is 3.96. The highest BCUT2D eigenvalue weighted by Gasteiger charge is 2.31. The van der Waals surface area contributed by atoms with Gasteiger partial charge in [-0.15, -0.1) is 0 Å². The molecule has 5 heteroatoms. The highest BCUT2D eigenvalue weighted by atomic mass is 16.6. The third-order valence-electron chi connectivity index (χ3n) is 5.14. The van der Waals surface area contributed by atoms with Crippen LogP contribution in [0.25, 0.3) is 0 Å². The number of nitrogens with two attached hydrogens (primary N) is 1. The van der Waals surface area contributed by atoms with Crippen molar-refractivity contribution in [2.24, 2.45) is 11.8 Å². The maximum Gasteiger partial charge on any atom is 0.292 e. The van der Waals surface area contributed by atoms with Crippen LogP contribution in [0.3, 0.4) is 0 Å². The zero-order valence-electron chi connectivity index (χ0n) is 12.3. The van der Waals surface area contributed by atoms with Crippen LogP contribution in [-0.4, -0.2) is 22.9 Å². The van der Waals surface area contributed by atoms with Crippen LogP contribution in [0.15, 0.2) is 18.2 Å². The summed E-state index contributed by atoms with van der Waals surface area (Å²) in [5, 5.41) is 11.0. The van der Waals surface area contributed by atoms with E-state index in [1.807, 2.05) is 6.07 Å². The van der Waals surface area contributed by atoms with Gasteiger partial charge in [-0.3, -0.25) is 15.0 Å². The van der Waals surface area contributed by atoms with E-state index >= 15 is 0 Å². The summed E-state index contributed by atoms with van der Waals surface area (Å²) in [6.45, 7) is 2.94. The van der Waals surface area contributed by atoms with E-state index in [1.165, 1.54) is 38.2 Å². The van der Waals surface area contributed by atoms with Crippen molar-refractivity contribution >= 4 is 11.4 Å². The van der Waals surface area contributed by atoms with E-state index in [0.717, 1.165) is 37.0 Å². The van der Waals surface area contributed by atoms with E-state index in [4.69, 9.17) is 5.73 Å². The molecular weight excluding hydrogens is 266 g/mol. The van der Waals surface area contributed by atoms with Crippen LogP contribution >= 0.6 is 0 Å². The Morgan fingerprint density at radius 2 is 2.00 bits per heavy atom. The molecule has 0 spiro atoms. The van der Waals surface area contributed by atoms with Crippen LogP contribution in [0.2, 0.25) is 0 Å². The Hall–Kier alpha value is -1.62. The molecule has 2 aliphatic rings. The minimum Gasteiger partial charge on any atom is -0.393 e. The molecule has 1 saturated carbocycles. The number of nitro benzene ring substituents is 1. The van der Waals surface area contributed by atoms with Gasteiger partial charge in [0, 0.05) is 19.2 Å². The van der Waals surface area contributed by atoms with E-state index in [0.29, 0.717) is 5.69 Å². The number of nitrogens with zero attached hydrogens (tertiary/aromatic N) is 2. The summed E-state index contributed by atoms with van der Waals surface area (Å²) >= 11 is 0. The number of nitrogen functional groups attached to an aromatic ring is 1. The van der Waals surface area contributed by atoms with Crippen LogP contribution < -0.4 is 5.73 Å². The first-order valence-corrected chi connectivity index (χ1v) is 7.89. The Labute approximate surface area is 125 Å². The molecule has 21 heavy (non-hydrogen) atoms. The first-order valence-electron chi connectivity index (χ1n) is 7.89. The van der Waals surface area contributed by atoms with E-state index in [-0.39, 0.29) is 5.69 Å². The Bertz CT molecular complexity index is 532. The number of rotatable bonds is 3. The Kier molecular flexibility index (Phi) is 4.10. The van der Waals surface area contributed by atoms with Gasteiger partial charge in [-0.25, -0.2) is 0 Å². The molecule has 0 bridgehead atoms. The number of likely N-dealkylation sites (tertiary alicyclic amines) is 1. The van der Waals surface area contributed by atoms with Crippen molar-refractivity contribution in [3.8, 4) is 0 Å². The number of benzene rings is 1. The normalized spacial score (nSPS) is 26.3. The first-order chi connectivity index (χ1) is 10.1. The number of fused-ring (bicyclic) bond motifs is 1. The van der Waals surface area contributed by atoms with Crippen LogP contribution in [0.1, 0.15) is 37.7 Å². The predicted molar refractivity (Wildman–Crippen MR) is 82.9 cm³/mol. The van der Waals surface area contributed by atoms with Gasteiger partial charge in [0.2, 0.25) is 0 Å². The molecule has 0 radical (unpaired) electrons. The Morgan fingerprint density at radius 3 is 2.76 bits per heavy atom. The van der Waals surface area contributed by atoms with Crippen molar-refractivity contribution in [3.05, 3.63) is 33.9 Å². The molecule has 5 nitrogen and oxygen atoms in total. The second-order valence-corrected chi connectivity index (χ2v) is 6.44. The third kappa shape index (κ3) is 3.02. The van der Waals surface area contributed by atoms with Gasteiger partial charge < -0.3 is 5.73 Å². The van der Waals surface area contributed by atoms with Crippen molar-refractivity contribution in [2.75, 3.05) is 18.8 Å². The van der Waals surface area contributed by atoms with Gasteiger partial charge in [0.15, 0.2) is 0 Å². The van der Waals surface area contributed by atoms with Crippen LogP contribution in [-0.2, 0) is 6.54 Å².